The number of carbonyl (C=O) groups is 4. The van der Waals surface area contributed by atoms with E-state index < -0.39 is 172 Å². The Labute approximate surface area is 473 Å². The second-order valence-electron chi connectivity index (χ2n) is 21.1. The number of esters is 1. The Morgan fingerprint density at radius 1 is 0.728 bits per heavy atom. The summed E-state index contributed by atoms with van der Waals surface area (Å²) < 4.78 is 23.7. The number of ether oxygens (including phenoxy) is 4. The molecule has 81 heavy (non-hydrogen) atoms. The van der Waals surface area contributed by atoms with Crippen LogP contribution in [-0.4, -0.2) is 199 Å². The van der Waals surface area contributed by atoms with Gasteiger partial charge in [0.2, 0.25) is 0 Å². The van der Waals surface area contributed by atoms with Crippen LogP contribution in [0.5, 0.6) is 0 Å². The molecule has 1 aromatic carbocycles. The number of anilines is 1. The smallest absolute Gasteiger partial charge is 0.314 e. The molecule has 1 unspecified atom stereocenters. The van der Waals surface area contributed by atoms with Gasteiger partial charge in [0.05, 0.1) is 86.2 Å². The highest BCUT2D eigenvalue weighted by molar-refractivity contribution is 5.96. The number of fused-ring (bicyclic) bond motifs is 2. The molecule has 0 aliphatic carbocycles. The van der Waals surface area contributed by atoms with Gasteiger partial charge in [-0.2, -0.15) is 0 Å². The zero-order valence-corrected chi connectivity index (χ0v) is 46.3. The molecule has 0 spiro atoms. The van der Waals surface area contributed by atoms with E-state index in [2.05, 4.69) is 16.0 Å². The number of nitrogens with one attached hydrogen (secondary N) is 3. The summed E-state index contributed by atoms with van der Waals surface area (Å²) in [4.78, 5) is 51.7. The molecule has 17 N–H and O–H groups in total. The van der Waals surface area contributed by atoms with E-state index in [0.717, 1.165) is 5.69 Å². The standard InChI is InChI=1S/C58H87N5O18/c1-35-16-14-12-10-8-6-4-5-7-9-11-13-15-17-45(79-56-54(75)52(60)49(73)34-78-56)31-50-53(63-57(76)62-3)48(72)33-58(77,81-50)32-44(70)28-42(68)26-40(66)24-39(65)25-41(67)27-43(69)30-51(74)80-55(35)46(59)23-22-38(64)29-47(71)36-18-20-37(61-2)21-19-36/h4-21,35,38-40,42-46,48-50,52-56,61,64-66,68-70,72-73,75,77H,22-34,59-60H2,1-3H3,(H2,62,63,76)/b5-4-,8-6-,9-7+,12-10+,13-11+,16-14+,17-15+/t35-,38?,39+,40-,42-,43+,44-,45-,46-,48-,49+,50-,52-,53+,54-,55-,56-,58+/m0/s1. The molecule has 3 heterocycles. The van der Waals surface area contributed by atoms with Crippen LogP contribution in [-0.2, 0) is 28.5 Å². The van der Waals surface area contributed by atoms with Gasteiger partial charge < -0.3 is 97.4 Å². The third-order valence-electron chi connectivity index (χ3n) is 14.0. The molecule has 0 saturated carbocycles. The van der Waals surface area contributed by atoms with Crippen LogP contribution in [0.15, 0.2) is 109 Å². The topological polar surface area (TPSA) is 396 Å². The third kappa shape index (κ3) is 24.6. The zero-order chi connectivity index (χ0) is 59.6. The van der Waals surface area contributed by atoms with Gasteiger partial charge in [-0.05, 0) is 56.4 Å². The van der Waals surface area contributed by atoms with E-state index in [1.54, 1.807) is 123 Å². The largest absolute Gasteiger partial charge is 0.460 e. The fraction of sp³-hybridized carbons (Fsp3) is 0.586. The number of rotatable bonds is 11. The highest BCUT2D eigenvalue weighted by Crippen LogP contribution is 2.35. The van der Waals surface area contributed by atoms with Crippen molar-refractivity contribution in [3.63, 3.8) is 0 Å². The number of Topliss-reactive ketones (excluding diaryl/α,β-unsaturated/α-hetero) is 2. The van der Waals surface area contributed by atoms with Gasteiger partial charge in [-0.3, -0.25) is 14.4 Å². The number of benzene rings is 1. The van der Waals surface area contributed by atoms with Crippen molar-refractivity contribution in [1.29, 1.82) is 0 Å². The number of carbonyl (C=O) groups excluding carboxylic acids is 4. The molecule has 1 aromatic rings. The summed E-state index contributed by atoms with van der Waals surface area (Å²) in [5, 5.41) is 117. The number of ketones is 2. The minimum absolute atomic E-state index is 0.109. The quantitative estimate of drug-likeness (QED) is 0.107. The van der Waals surface area contributed by atoms with Crippen LogP contribution < -0.4 is 27.4 Å². The molecule has 0 radical (unpaired) electrons. The first-order valence-corrected chi connectivity index (χ1v) is 27.5. The van der Waals surface area contributed by atoms with Crippen molar-refractivity contribution in [3.8, 4) is 0 Å². The van der Waals surface area contributed by atoms with E-state index >= 15 is 0 Å². The number of hydrogen-bond acceptors (Lipinski definition) is 21. The summed E-state index contributed by atoms with van der Waals surface area (Å²) in [7, 11) is 3.11. The second kappa shape index (κ2) is 35.0. The van der Waals surface area contributed by atoms with E-state index in [1.807, 2.05) is 0 Å². The lowest BCUT2D eigenvalue weighted by molar-refractivity contribution is -0.298. The van der Waals surface area contributed by atoms with Crippen LogP contribution in [0.25, 0.3) is 0 Å². The molecule has 18 atom stereocenters. The highest BCUT2D eigenvalue weighted by Gasteiger charge is 2.48. The van der Waals surface area contributed by atoms with Crippen LogP contribution in [0, 0.1) is 5.92 Å². The van der Waals surface area contributed by atoms with Crippen molar-refractivity contribution in [3.05, 3.63) is 115 Å². The predicted octanol–water partition coefficient (Wildman–Crippen LogP) is 0.645. The van der Waals surface area contributed by atoms with Crippen LogP contribution in [0.3, 0.4) is 0 Å². The lowest BCUT2D eigenvalue weighted by Gasteiger charge is -2.46. The summed E-state index contributed by atoms with van der Waals surface area (Å²) in [5.74, 6) is -4.50. The van der Waals surface area contributed by atoms with Crippen LogP contribution in [0.1, 0.15) is 94.3 Å². The molecule has 2 bridgehead atoms. The number of cyclic esters (lactones) is 1. The highest BCUT2D eigenvalue weighted by atomic mass is 16.7. The molecule has 452 valence electrons. The van der Waals surface area contributed by atoms with Gasteiger partial charge in [-0.25, -0.2) is 4.79 Å². The minimum Gasteiger partial charge on any atom is -0.460 e. The number of urea groups is 1. The Bertz CT molecular complexity index is 2310. The minimum atomic E-state index is -2.25. The first-order valence-electron chi connectivity index (χ1n) is 27.5. The van der Waals surface area contributed by atoms with Gasteiger partial charge in [-0.1, -0.05) is 92.0 Å². The number of aliphatic hydroxyl groups is 10. The third-order valence-corrected chi connectivity index (χ3v) is 14.0. The molecule has 2 saturated heterocycles. The summed E-state index contributed by atoms with van der Waals surface area (Å²) in [5.41, 5.74) is 13.9. The monoisotopic (exact) mass is 1140 g/mol. The fourth-order valence-electron chi connectivity index (χ4n) is 9.67. The molecular weight excluding hydrogens is 1050 g/mol. The van der Waals surface area contributed by atoms with E-state index in [9.17, 15) is 70.2 Å². The Morgan fingerprint density at radius 2 is 1.30 bits per heavy atom. The van der Waals surface area contributed by atoms with Gasteiger partial charge in [-0.15, -0.1) is 0 Å². The zero-order valence-electron chi connectivity index (χ0n) is 46.3. The first kappa shape index (κ1) is 68.2. The fourth-order valence-corrected chi connectivity index (χ4v) is 9.67. The van der Waals surface area contributed by atoms with Crippen LogP contribution >= 0.6 is 0 Å². The van der Waals surface area contributed by atoms with Gasteiger partial charge in [0.1, 0.15) is 18.0 Å². The molecular formula is C58H87N5O18. The normalized spacial score (nSPS) is 36.7. The van der Waals surface area contributed by atoms with Gasteiger partial charge in [0, 0.05) is 75.8 Å². The van der Waals surface area contributed by atoms with E-state index in [4.69, 9.17) is 30.4 Å². The Balaban J connectivity index is 1.54. The number of hydrogen-bond donors (Lipinski definition) is 15. The predicted molar refractivity (Wildman–Crippen MR) is 300 cm³/mol. The Kier molecular flexibility index (Phi) is 29.4. The van der Waals surface area contributed by atoms with Crippen LogP contribution in [0.2, 0.25) is 0 Å². The Morgan fingerprint density at radius 3 is 1.90 bits per heavy atom. The number of aliphatic hydroxyl groups excluding tert-OH is 9. The first-order chi connectivity index (χ1) is 38.5. The molecule has 4 rings (SSSR count). The lowest BCUT2D eigenvalue weighted by Crippen LogP contribution is -2.63. The van der Waals surface area contributed by atoms with Crippen LogP contribution in [0.4, 0.5) is 10.5 Å². The Hall–Kier alpha value is -5.32. The SMILES string of the molecule is CNC(=O)N[C@H]1[C@@H]2C[C@@H](O[C@@H]3OC[C@@H](O)[C@H](N)[C@@H]3O)/C=C/C=C/C=C/C=C\C=C/C=C/C=C/[C@H](C)[C@@H]([C@@H](N)CCC(O)CC(=O)c3ccc(NC)cc3)OC(=O)C[C@H](O)CC(=O)C[C@H](O)C[C@H](O)C[C@H](O)C[C@H](O)C[C@](O)(C[C@@H]1O)O2. The van der Waals surface area contributed by atoms with Crippen molar-refractivity contribution in [2.75, 3.05) is 26.0 Å². The van der Waals surface area contributed by atoms with E-state index in [-0.39, 0.29) is 44.5 Å². The van der Waals surface area contributed by atoms with E-state index in [1.165, 1.54) is 7.05 Å². The van der Waals surface area contributed by atoms with Gasteiger partial charge in [0.15, 0.2) is 17.9 Å². The summed E-state index contributed by atoms with van der Waals surface area (Å²) >= 11 is 0. The summed E-state index contributed by atoms with van der Waals surface area (Å²) in [6.45, 7) is 1.52. The molecule has 2 amide bonds. The van der Waals surface area contributed by atoms with Crippen molar-refractivity contribution < 1.29 is 89.2 Å². The number of allylic oxidation sites excluding steroid dienone is 12. The molecule has 23 heteroatoms. The average molecular weight is 1140 g/mol. The van der Waals surface area contributed by atoms with Crippen molar-refractivity contribution in [2.45, 2.75) is 187 Å². The van der Waals surface area contributed by atoms with E-state index in [0.29, 0.717) is 5.56 Å². The van der Waals surface area contributed by atoms with Crippen molar-refractivity contribution in [1.82, 2.24) is 10.6 Å². The molecule has 3 aliphatic heterocycles. The summed E-state index contributed by atoms with van der Waals surface area (Å²) in [6.07, 6.45) is 3.22. The van der Waals surface area contributed by atoms with Crippen molar-refractivity contribution in [2.24, 2.45) is 17.4 Å². The van der Waals surface area contributed by atoms with Gasteiger partial charge >= 0.3 is 12.0 Å². The van der Waals surface area contributed by atoms with Gasteiger partial charge in [0.25, 0.3) is 0 Å². The summed E-state index contributed by atoms with van der Waals surface area (Å²) in [6, 6.07) is 3.04. The number of amides is 2. The molecule has 3 aliphatic rings. The maximum atomic E-state index is 13.3. The lowest BCUT2D eigenvalue weighted by atomic mass is 9.87. The average Bonchev–Trinajstić information content (AvgIpc) is 3.42. The maximum Gasteiger partial charge on any atom is 0.314 e. The van der Waals surface area contributed by atoms with Crippen molar-refractivity contribution >= 4 is 29.3 Å². The molecule has 0 aromatic heterocycles. The second-order valence-corrected chi connectivity index (χ2v) is 21.1. The maximum absolute atomic E-state index is 13.3. The number of nitrogens with two attached hydrogens (primary N) is 2. The molecule has 23 nitrogen and oxygen atoms in total. The molecule has 2 fully saturated rings.